The molecule has 1 heterocycles. The van der Waals surface area contributed by atoms with E-state index in [4.69, 9.17) is 9.84 Å². The van der Waals surface area contributed by atoms with Gasteiger partial charge in [-0.05, 0) is 18.1 Å². The molecule has 0 aliphatic carbocycles. The average molecular weight is 238 g/mol. The van der Waals surface area contributed by atoms with Crippen LogP contribution in [0.15, 0.2) is 18.3 Å². The van der Waals surface area contributed by atoms with Crippen LogP contribution in [-0.4, -0.2) is 28.8 Å². The number of carbonyl (C=O) groups is 2. The predicted octanol–water partition coefficient (Wildman–Crippen LogP) is 1.98. The second kappa shape index (κ2) is 5.83. The highest BCUT2D eigenvalue weighted by atomic mass is 16.5. The van der Waals surface area contributed by atoms with Crippen LogP contribution in [0.4, 0.5) is 10.6 Å². The van der Waals surface area contributed by atoms with Gasteiger partial charge in [0, 0.05) is 6.20 Å². The van der Waals surface area contributed by atoms with Gasteiger partial charge in [-0.15, -0.1) is 0 Å². The van der Waals surface area contributed by atoms with Gasteiger partial charge in [-0.25, -0.2) is 14.6 Å². The summed E-state index contributed by atoms with van der Waals surface area (Å²) < 4.78 is 4.87. The molecule has 0 aliphatic rings. The number of rotatable bonds is 4. The lowest BCUT2D eigenvalue weighted by atomic mass is 10.2. The molecule has 0 saturated carbocycles. The predicted molar refractivity (Wildman–Crippen MR) is 61.0 cm³/mol. The molecule has 0 atom stereocenters. The van der Waals surface area contributed by atoms with Gasteiger partial charge in [0.1, 0.15) is 5.82 Å². The third-order valence-corrected chi connectivity index (χ3v) is 1.78. The van der Waals surface area contributed by atoms with E-state index in [1.54, 1.807) is 0 Å². The quantitative estimate of drug-likeness (QED) is 0.837. The number of pyridine rings is 1. The van der Waals surface area contributed by atoms with Gasteiger partial charge in [0.05, 0.1) is 12.2 Å². The van der Waals surface area contributed by atoms with Crippen molar-refractivity contribution in [2.45, 2.75) is 13.8 Å². The lowest BCUT2D eigenvalue weighted by Gasteiger charge is -2.08. The number of ether oxygens (including phenoxy) is 1. The van der Waals surface area contributed by atoms with Crippen LogP contribution in [0.2, 0.25) is 0 Å². The molecule has 17 heavy (non-hydrogen) atoms. The number of amides is 1. The lowest BCUT2D eigenvalue weighted by Crippen LogP contribution is -2.17. The highest BCUT2D eigenvalue weighted by Gasteiger charge is 2.08. The summed E-state index contributed by atoms with van der Waals surface area (Å²) in [5.74, 6) is -0.691. The molecule has 1 aromatic rings. The maximum Gasteiger partial charge on any atom is 0.412 e. The Labute approximate surface area is 98.6 Å². The number of carboxylic acid groups (broad SMARTS) is 1. The van der Waals surface area contributed by atoms with E-state index in [0.717, 1.165) is 0 Å². The Morgan fingerprint density at radius 3 is 2.82 bits per heavy atom. The summed E-state index contributed by atoms with van der Waals surface area (Å²) in [5, 5.41) is 11.1. The number of hydrogen-bond acceptors (Lipinski definition) is 4. The zero-order chi connectivity index (χ0) is 12.8. The molecule has 6 nitrogen and oxygen atoms in total. The van der Waals surface area contributed by atoms with Crippen molar-refractivity contribution >= 4 is 17.9 Å². The molecule has 0 saturated heterocycles. The largest absolute Gasteiger partial charge is 0.478 e. The fraction of sp³-hybridized carbons (Fsp3) is 0.364. The van der Waals surface area contributed by atoms with Crippen molar-refractivity contribution in [3.8, 4) is 0 Å². The Morgan fingerprint density at radius 1 is 1.53 bits per heavy atom. The lowest BCUT2D eigenvalue weighted by molar-refractivity contribution is 0.0696. The van der Waals surface area contributed by atoms with Crippen LogP contribution >= 0.6 is 0 Å². The van der Waals surface area contributed by atoms with Gasteiger partial charge < -0.3 is 9.84 Å². The van der Waals surface area contributed by atoms with Crippen LogP contribution in [0.1, 0.15) is 24.2 Å². The third kappa shape index (κ3) is 4.50. The average Bonchev–Trinajstić information content (AvgIpc) is 2.26. The first kappa shape index (κ1) is 13.0. The molecule has 0 radical (unpaired) electrons. The summed E-state index contributed by atoms with van der Waals surface area (Å²) in [7, 11) is 0. The van der Waals surface area contributed by atoms with Crippen LogP contribution in [0.5, 0.6) is 0 Å². The summed E-state index contributed by atoms with van der Waals surface area (Å²) in [6.07, 6.45) is 0.662. The molecule has 0 bridgehead atoms. The number of aromatic carboxylic acids is 1. The fourth-order valence-corrected chi connectivity index (χ4v) is 1.01. The Kier molecular flexibility index (Phi) is 4.45. The summed E-state index contributed by atoms with van der Waals surface area (Å²) >= 11 is 0. The monoisotopic (exact) mass is 238 g/mol. The normalized spacial score (nSPS) is 10.1. The van der Waals surface area contributed by atoms with E-state index in [1.807, 2.05) is 13.8 Å². The summed E-state index contributed by atoms with van der Waals surface area (Å²) in [6.45, 7) is 4.12. The summed E-state index contributed by atoms with van der Waals surface area (Å²) in [5.41, 5.74) is 0.0548. The highest BCUT2D eigenvalue weighted by molar-refractivity contribution is 5.90. The smallest absolute Gasteiger partial charge is 0.412 e. The first-order valence-corrected chi connectivity index (χ1v) is 5.12. The molecule has 0 aromatic carbocycles. The van der Waals surface area contributed by atoms with Gasteiger partial charge in [0.25, 0.3) is 0 Å². The zero-order valence-electron chi connectivity index (χ0n) is 9.64. The minimum atomic E-state index is -1.08. The van der Waals surface area contributed by atoms with Gasteiger partial charge in [0.15, 0.2) is 0 Å². The topological polar surface area (TPSA) is 88.5 Å². The van der Waals surface area contributed by atoms with Gasteiger partial charge in [0.2, 0.25) is 0 Å². The number of hydrogen-bond donors (Lipinski definition) is 2. The zero-order valence-corrected chi connectivity index (χ0v) is 9.64. The SMILES string of the molecule is CC(C)COC(=O)Nc1cc(C(=O)O)ccn1. The number of anilines is 1. The standard InChI is InChI=1S/C11H14N2O4/c1-7(2)6-17-11(16)13-9-5-8(10(14)15)3-4-12-9/h3-5,7H,6H2,1-2H3,(H,14,15)(H,12,13,16). The highest BCUT2D eigenvalue weighted by Crippen LogP contribution is 2.07. The molecule has 2 N–H and O–H groups in total. The van der Waals surface area contributed by atoms with Gasteiger partial charge in [-0.3, -0.25) is 5.32 Å². The van der Waals surface area contributed by atoms with E-state index in [-0.39, 0.29) is 17.3 Å². The van der Waals surface area contributed by atoms with Crippen molar-refractivity contribution in [1.29, 1.82) is 0 Å². The van der Waals surface area contributed by atoms with E-state index in [0.29, 0.717) is 6.61 Å². The van der Waals surface area contributed by atoms with Crippen molar-refractivity contribution in [3.63, 3.8) is 0 Å². The van der Waals surface area contributed by atoms with Gasteiger partial charge >= 0.3 is 12.1 Å². The maximum absolute atomic E-state index is 11.3. The molecule has 0 aliphatic heterocycles. The minimum Gasteiger partial charge on any atom is -0.478 e. The number of nitrogens with zero attached hydrogens (tertiary/aromatic N) is 1. The molecule has 0 spiro atoms. The molecular weight excluding hydrogens is 224 g/mol. The van der Waals surface area contributed by atoms with Crippen LogP contribution in [0.25, 0.3) is 0 Å². The third-order valence-electron chi connectivity index (χ3n) is 1.78. The second-order valence-electron chi connectivity index (χ2n) is 3.85. The molecule has 1 aromatic heterocycles. The number of carboxylic acids is 1. The maximum atomic E-state index is 11.3. The molecule has 1 amide bonds. The number of carbonyl (C=O) groups excluding carboxylic acids is 1. The fourth-order valence-electron chi connectivity index (χ4n) is 1.01. The van der Waals surface area contributed by atoms with Crippen LogP contribution in [-0.2, 0) is 4.74 Å². The molecule has 0 unspecified atom stereocenters. The minimum absolute atomic E-state index is 0.0548. The van der Waals surface area contributed by atoms with Crippen molar-refractivity contribution < 1.29 is 19.4 Å². The molecule has 0 fully saturated rings. The number of nitrogens with one attached hydrogen (secondary N) is 1. The van der Waals surface area contributed by atoms with E-state index in [2.05, 4.69) is 10.3 Å². The van der Waals surface area contributed by atoms with Crippen LogP contribution in [0, 0.1) is 5.92 Å². The molecule has 1 rings (SSSR count). The first-order chi connectivity index (χ1) is 7.99. The second-order valence-corrected chi connectivity index (χ2v) is 3.85. The molecule has 92 valence electrons. The van der Waals surface area contributed by atoms with Crippen molar-refractivity contribution in [1.82, 2.24) is 4.98 Å². The molecular formula is C11H14N2O4. The van der Waals surface area contributed by atoms with E-state index in [1.165, 1.54) is 18.3 Å². The van der Waals surface area contributed by atoms with E-state index < -0.39 is 12.1 Å². The Morgan fingerprint density at radius 2 is 2.24 bits per heavy atom. The Hall–Kier alpha value is -2.11. The van der Waals surface area contributed by atoms with E-state index >= 15 is 0 Å². The van der Waals surface area contributed by atoms with E-state index in [9.17, 15) is 9.59 Å². The van der Waals surface area contributed by atoms with Crippen LogP contribution < -0.4 is 5.32 Å². The van der Waals surface area contributed by atoms with Crippen molar-refractivity contribution in [2.24, 2.45) is 5.92 Å². The number of aromatic nitrogens is 1. The van der Waals surface area contributed by atoms with Crippen molar-refractivity contribution in [3.05, 3.63) is 23.9 Å². The Bertz CT molecular complexity index is 418. The Balaban J connectivity index is 2.59. The summed E-state index contributed by atoms with van der Waals surface area (Å²) in [6, 6.07) is 2.60. The van der Waals surface area contributed by atoms with Gasteiger partial charge in [-0.1, -0.05) is 13.8 Å². The first-order valence-electron chi connectivity index (χ1n) is 5.12. The molecule has 6 heteroatoms. The van der Waals surface area contributed by atoms with Gasteiger partial charge in [-0.2, -0.15) is 0 Å². The van der Waals surface area contributed by atoms with Crippen molar-refractivity contribution in [2.75, 3.05) is 11.9 Å². The van der Waals surface area contributed by atoms with Crippen LogP contribution in [0.3, 0.4) is 0 Å². The summed E-state index contributed by atoms with van der Waals surface area (Å²) in [4.78, 5) is 25.8.